The molecule has 17 heavy (non-hydrogen) atoms. The topological polar surface area (TPSA) is 68.9 Å². The van der Waals surface area contributed by atoms with Crippen molar-refractivity contribution in [3.8, 4) is 11.4 Å². The van der Waals surface area contributed by atoms with E-state index < -0.39 is 5.91 Å². The van der Waals surface area contributed by atoms with Gasteiger partial charge < -0.3 is 5.73 Å². The van der Waals surface area contributed by atoms with Crippen molar-refractivity contribution < 1.29 is 4.79 Å². The van der Waals surface area contributed by atoms with Crippen molar-refractivity contribution in [2.75, 3.05) is 0 Å². The standard InChI is InChI=1S/C12H10ClN3O/c1-7-5-10(11(14)17)16-12(15-7)8-3-2-4-9(13)6-8/h2-6H,1H3,(H2,14,17). The molecule has 1 aromatic carbocycles. The molecule has 5 heteroatoms. The number of hydrogen-bond acceptors (Lipinski definition) is 3. The van der Waals surface area contributed by atoms with Crippen LogP contribution >= 0.6 is 11.6 Å². The number of aryl methyl sites for hydroxylation is 1. The Bertz CT molecular complexity index is 584. The summed E-state index contributed by atoms with van der Waals surface area (Å²) in [7, 11) is 0. The molecule has 2 aromatic rings. The molecule has 0 aliphatic carbocycles. The smallest absolute Gasteiger partial charge is 0.267 e. The van der Waals surface area contributed by atoms with Crippen molar-refractivity contribution in [2.24, 2.45) is 5.73 Å². The Balaban J connectivity index is 2.56. The van der Waals surface area contributed by atoms with E-state index in [1.807, 2.05) is 6.07 Å². The maximum atomic E-state index is 11.1. The molecule has 0 unspecified atom stereocenters. The maximum absolute atomic E-state index is 11.1. The normalized spacial score (nSPS) is 10.2. The van der Waals surface area contributed by atoms with Gasteiger partial charge in [-0.25, -0.2) is 9.97 Å². The molecule has 1 amide bonds. The zero-order valence-corrected chi connectivity index (χ0v) is 9.90. The Morgan fingerprint density at radius 1 is 1.29 bits per heavy atom. The van der Waals surface area contributed by atoms with Crippen LogP contribution in [0.15, 0.2) is 30.3 Å². The van der Waals surface area contributed by atoms with E-state index in [0.29, 0.717) is 16.5 Å². The number of nitrogens with two attached hydrogens (primary N) is 1. The van der Waals surface area contributed by atoms with E-state index in [2.05, 4.69) is 9.97 Å². The third-order valence-electron chi connectivity index (χ3n) is 2.19. The molecule has 0 radical (unpaired) electrons. The van der Waals surface area contributed by atoms with Crippen LogP contribution in [0.4, 0.5) is 0 Å². The molecule has 86 valence electrons. The minimum Gasteiger partial charge on any atom is -0.364 e. The van der Waals surface area contributed by atoms with Gasteiger partial charge in [-0.1, -0.05) is 23.7 Å². The Hall–Kier alpha value is -1.94. The lowest BCUT2D eigenvalue weighted by atomic mass is 10.2. The maximum Gasteiger partial charge on any atom is 0.267 e. The molecule has 1 heterocycles. The highest BCUT2D eigenvalue weighted by Gasteiger charge is 2.08. The van der Waals surface area contributed by atoms with E-state index in [0.717, 1.165) is 5.56 Å². The van der Waals surface area contributed by atoms with Gasteiger partial charge in [0.05, 0.1) is 0 Å². The van der Waals surface area contributed by atoms with E-state index >= 15 is 0 Å². The van der Waals surface area contributed by atoms with Gasteiger partial charge in [-0.05, 0) is 25.1 Å². The molecule has 0 atom stereocenters. The number of halogens is 1. The van der Waals surface area contributed by atoms with Gasteiger partial charge in [0.15, 0.2) is 5.82 Å². The van der Waals surface area contributed by atoms with Crippen molar-refractivity contribution >= 4 is 17.5 Å². The monoisotopic (exact) mass is 247 g/mol. The van der Waals surface area contributed by atoms with Crippen molar-refractivity contribution in [3.05, 3.63) is 46.7 Å². The van der Waals surface area contributed by atoms with Crippen molar-refractivity contribution in [1.29, 1.82) is 0 Å². The second kappa shape index (κ2) is 4.51. The first-order chi connectivity index (χ1) is 8.06. The van der Waals surface area contributed by atoms with Gasteiger partial charge in [0.2, 0.25) is 0 Å². The van der Waals surface area contributed by atoms with Gasteiger partial charge in [0.25, 0.3) is 5.91 Å². The van der Waals surface area contributed by atoms with E-state index in [-0.39, 0.29) is 5.69 Å². The molecule has 0 fully saturated rings. The molecule has 4 nitrogen and oxygen atoms in total. The Kier molecular flexibility index (Phi) is 3.06. The molecule has 0 aliphatic heterocycles. The molecule has 0 bridgehead atoms. The van der Waals surface area contributed by atoms with E-state index in [1.165, 1.54) is 0 Å². The Morgan fingerprint density at radius 2 is 2.06 bits per heavy atom. The third-order valence-corrected chi connectivity index (χ3v) is 2.42. The van der Waals surface area contributed by atoms with E-state index in [1.54, 1.807) is 31.2 Å². The summed E-state index contributed by atoms with van der Waals surface area (Å²) < 4.78 is 0. The number of carbonyl (C=O) groups is 1. The lowest BCUT2D eigenvalue weighted by Crippen LogP contribution is -2.14. The van der Waals surface area contributed by atoms with E-state index in [4.69, 9.17) is 17.3 Å². The van der Waals surface area contributed by atoms with Crippen LogP contribution in [-0.2, 0) is 0 Å². The van der Waals surface area contributed by atoms with Gasteiger partial charge in [-0.15, -0.1) is 0 Å². The van der Waals surface area contributed by atoms with Crippen molar-refractivity contribution in [2.45, 2.75) is 6.92 Å². The van der Waals surface area contributed by atoms with Gasteiger partial charge in [-0.2, -0.15) is 0 Å². The number of carbonyl (C=O) groups excluding carboxylic acids is 1. The van der Waals surface area contributed by atoms with Crippen LogP contribution in [0.25, 0.3) is 11.4 Å². The summed E-state index contributed by atoms with van der Waals surface area (Å²) in [6, 6.07) is 8.67. The lowest BCUT2D eigenvalue weighted by Gasteiger charge is -2.04. The number of aromatic nitrogens is 2. The quantitative estimate of drug-likeness (QED) is 0.885. The Morgan fingerprint density at radius 3 is 2.71 bits per heavy atom. The second-order valence-electron chi connectivity index (χ2n) is 3.59. The molecular weight excluding hydrogens is 238 g/mol. The van der Waals surface area contributed by atoms with Gasteiger partial charge in [0, 0.05) is 16.3 Å². The summed E-state index contributed by atoms with van der Waals surface area (Å²) in [5.41, 5.74) is 6.84. The summed E-state index contributed by atoms with van der Waals surface area (Å²) in [6.45, 7) is 1.78. The molecule has 0 saturated heterocycles. The molecule has 0 saturated carbocycles. The molecule has 2 N–H and O–H groups in total. The SMILES string of the molecule is Cc1cc(C(N)=O)nc(-c2cccc(Cl)c2)n1. The minimum absolute atomic E-state index is 0.201. The summed E-state index contributed by atoms with van der Waals surface area (Å²) in [6.07, 6.45) is 0. The summed E-state index contributed by atoms with van der Waals surface area (Å²) in [5.74, 6) is -0.125. The van der Waals surface area contributed by atoms with Crippen LogP contribution in [0.2, 0.25) is 5.02 Å². The molecule has 0 aliphatic rings. The first-order valence-corrected chi connectivity index (χ1v) is 5.35. The first-order valence-electron chi connectivity index (χ1n) is 4.97. The van der Waals surface area contributed by atoms with Crippen LogP contribution in [0.5, 0.6) is 0 Å². The van der Waals surface area contributed by atoms with Crippen LogP contribution in [0.1, 0.15) is 16.2 Å². The zero-order chi connectivity index (χ0) is 12.4. The highest BCUT2D eigenvalue weighted by molar-refractivity contribution is 6.30. The number of rotatable bonds is 2. The van der Waals surface area contributed by atoms with Gasteiger partial charge in [0.1, 0.15) is 5.69 Å². The molecule has 0 spiro atoms. The summed E-state index contributed by atoms with van der Waals surface area (Å²) >= 11 is 5.89. The van der Waals surface area contributed by atoms with Crippen molar-refractivity contribution in [1.82, 2.24) is 9.97 Å². The predicted molar refractivity (Wildman–Crippen MR) is 65.7 cm³/mol. The van der Waals surface area contributed by atoms with Gasteiger partial charge >= 0.3 is 0 Å². The second-order valence-corrected chi connectivity index (χ2v) is 4.03. The number of primary amides is 1. The number of hydrogen-bond donors (Lipinski definition) is 1. The molecule has 1 aromatic heterocycles. The highest BCUT2D eigenvalue weighted by atomic mass is 35.5. The minimum atomic E-state index is -0.571. The average Bonchev–Trinajstić information content (AvgIpc) is 2.28. The predicted octanol–water partition coefficient (Wildman–Crippen LogP) is 2.20. The largest absolute Gasteiger partial charge is 0.364 e. The van der Waals surface area contributed by atoms with Crippen LogP contribution < -0.4 is 5.73 Å². The molecular formula is C12H10ClN3O. The van der Waals surface area contributed by atoms with Crippen LogP contribution in [0.3, 0.4) is 0 Å². The fourth-order valence-corrected chi connectivity index (χ4v) is 1.64. The van der Waals surface area contributed by atoms with Gasteiger partial charge in [-0.3, -0.25) is 4.79 Å². The fourth-order valence-electron chi connectivity index (χ4n) is 1.45. The highest BCUT2D eigenvalue weighted by Crippen LogP contribution is 2.19. The molecule has 2 rings (SSSR count). The zero-order valence-electron chi connectivity index (χ0n) is 9.14. The van der Waals surface area contributed by atoms with E-state index in [9.17, 15) is 4.79 Å². The van der Waals surface area contributed by atoms with Crippen LogP contribution in [-0.4, -0.2) is 15.9 Å². The van der Waals surface area contributed by atoms with Crippen LogP contribution in [0, 0.1) is 6.92 Å². The first kappa shape index (κ1) is 11.5. The fraction of sp³-hybridized carbons (Fsp3) is 0.0833. The summed E-state index contributed by atoms with van der Waals surface area (Å²) in [5, 5.41) is 0.591. The Labute approximate surface area is 103 Å². The third kappa shape index (κ3) is 2.60. The number of benzene rings is 1. The summed E-state index contributed by atoms with van der Waals surface area (Å²) in [4.78, 5) is 19.5. The number of nitrogens with zero attached hydrogens (tertiary/aromatic N) is 2. The van der Waals surface area contributed by atoms with Crippen molar-refractivity contribution in [3.63, 3.8) is 0 Å². The average molecular weight is 248 g/mol. The lowest BCUT2D eigenvalue weighted by molar-refractivity contribution is 0.0995. The number of amides is 1.